The van der Waals surface area contributed by atoms with Crippen molar-refractivity contribution in [2.24, 2.45) is 0 Å². The Labute approximate surface area is 168 Å². The van der Waals surface area contributed by atoms with Gasteiger partial charge in [-0.2, -0.15) is 0 Å². The predicted octanol–water partition coefficient (Wildman–Crippen LogP) is 4.27. The fourth-order valence-corrected chi connectivity index (χ4v) is 3.51. The van der Waals surface area contributed by atoms with Gasteiger partial charge in [-0.15, -0.1) is 0 Å². The average molecular weight is 394 g/mol. The molecular formula is C22H22N2O5. The van der Waals surface area contributed by atoms with Crippen LogP contribution in [0.2, 0.25) is 0 Å². The van der Waals surface area contributed by atoms with Crippen molar-refractivity contribution in [1.29, 1.82) is 0 Å². The van der Waals surface area contributed by atoms with Crippen molar-refractivity contribution in [1.82, 2.24) is 4.40 Å². The molecule has 7 nitrogen and oxygen atoms in total. The summed E-state index contributed by atoms with van der Waals surface area (Å²) < 4.78 is 6.95. The van der Waals surface area contributed by atoms with E-state index < -0.39 is 4.92 Å². The molecule has 0 unspecified atom stereocenters. The molecule has 0 atom stereocenters. The number of pyridine rings is 1. The lowest BCUT2D eigenvalue weighted by Crippen LogP contribution is -2.05. The highest BCUT2D eigenvalue weighted by atomic mass is 16.6. The molecular weight excluding hydrogens is 372 g/mol. The lowest BCUT2D eigenvalue weighted by Gasteiger charge is -2.05. The maximum Gasteiger partial charge on any atom is 0.305 e. The van der Waals surface area contributed by atoms with Gasteiger partial charge in [0.2, 0.25) is 0 Å². The van der Waals surface area contributed by atoms with E-state index >= 15 is 0 Å². The van der Waals surface area contributed by atoms with Gasteiger partial charge < -0.3 is 9.14 Å². The quantitative estimate of drug-likeness (QED) is 0.246. The Kier molecular flexibility index (Phi) is 6.07. The number of aryl methyl sites for hydroxylation is 1. The molecule has 0 saturated carbocycles. The number of ketones is 1. The van der Waals surface area contributed by atoms with Gasteiger partial charge in [0.25, 0.3) is 5.69 Å². The number of nitrogens with zero attached hydrogens (tertiary/aromatic N) is 2. The van der Waals surface area contributed by atoms with Gasteiger partial charge in [-0.3, -0.25) is 19.7 Å². The van der Waals surface area contributed by atoms with Crippen LogP contribution in [0.4, 0.5) is 5.69 Å². The number of esters is 1. The van der Waals surface area contributed by atoms with Crippen molar-refractivity contribution in [3.05, 3.63) is 81.2 Å². The summed E-state index contributed by atoms with van der Waals surface area (Å²) in [5, 5.41) is 10.9. The van der Waals surface area contributed by atoms with Crippen LogP contribution in [0.25, 0.3) is 5.52 Å². The fourth-order valence-electron chi connectivity index (χ4n) is 3.51. The molecule has 0 saturated heterocycles. The molecule has 2 heterocycles. The van der Waals surface area contributed by atoms with E-state index in [0.717, 1.165) is 16.8 Å². The van der Waals surface area contributed by atoms with Gasteiger partial charge in [0.05, 0.1) is 22.6 Å². The smallest absolute Gasteiger partial charge is 0.305 e. The predicted molar refractivity (Wildman–Crippen MR) is 108 cm³/mol. The van der Waals surface area contributed by atoms with Gasteiger partial charge in [-0.05, 0) is 56.5 Å². The van der Waals surface area contributed by atoms with Gasteiger partial charge in [-0.25, -0.2) is 0 Å². The second-order valence-electron chi connectivity index (χ2n) is 6.69. The van der Waals surface area contributed by atoms with Crippen LogP contribution in [0.15, 0.2) is 48.7 Å². The first-order valence-electron chi connectivity index (χ1n) is 9.47. The molecule has 0 fully saturated rings. The number of nitro groups is 1. The van der Waals surface area contributed by atoms with Crippen molar-refractivity contribution < 1.29 is 19.2 Å². The van der Waals surface area contributed by atoms with E-state index in [9.17, 15) is 19.7 Å². The number of fused-ring (bicyclic) bond motifs is 1. The Bertz CT molecular complexity index is 1070. The van der Waals surface area contributed by atoms with Crippen LogP contribution in [0, 0.1) is 17.0 Å². The molecule has 3 rings (SSSR count). The van der Waals surface area contributed by atoms with Crippen LogP contribution in [0.3, 0.4) is 0 Å². The third-order valence-electron chi connectivity index (χ3n) is 4.88. The number of aromatic nitrogens is 1. The Hall–Kier alpha value is -3.48. The molecule has 0 N–H and O–H groups in total. The zero-order valence-corrected chi connectivity index (χ0v) is 16.4. The van der Waals surface area contributed by atoms with E-state index in [2.05, 4.69) is 0 Å². The molecule has 150 valence electrons. The summed E-state index contributed by atoms with van der Waals surface area (Å²) >= 11 is 0. The highest BCUT2D eigenvalue weighted by molar-refractivity contribution is 6.14. The number of hydrogen-bond acceptors (Lipinski definition) is 5. The molecule has 0 bridgehead atoms. The minimum absolute atomic E-state index is 0.0559. The van der Waals surface area contributed by atoms with E-state index in [1.807, 2.05) is 35.7 Å². The first kappa shape index (κ1) is 20.3. The number of carbonyl (C=O) groups is 2. The molecule has 0 amide bonds. The molecule has 29 heavy (non-hydrogen) atoms. The third kappa shape index (κ3) is 4.18. The second kappa shape index (κ2) is 8.68. The minimum Gasteiger partial charge on any atom is -0.466 e. The molecule has 7 heteroatoms. The lowest BCUT2D eigenvalue weighted by molar-refractivity contribution is -0.384. The number of hydrogen-bond donors (Lipinski definition) is 0. The second-order valence-corrected chi connectivity index (χ2v) is 6.69. The normalized spacial score (nSPS) is 10.8. The van der Waals surface area contributed by atoms with Crippen molar-refractivity contribution >= 4 is 23.0 Å². The topological polar surface area (TPSA) is 90.9 Å². The van der Waals surface area contributed by atoms with Crippen LogP contribution >= 0.6 is 0 Å². The fraction of sp³-hybridized carbons (Fsp3) is 0.273. The molecule has 3 aromatic rings. The summed E-state index contributed by atoms with van der Waals surface area (Å²) in [6.07, 6.45) is 3.46. The summed E-state index contributed by atoms with van der Waals surface area (Å²) in [7, 11) is 0. The van der Waals surface area contributed by atoms with Gasteiger partial charge in [0.1, 0.15) is 0 Å². The third-order valence-corrected chi connectivity index (χ3v) is 4.88. The van der Waals surface area contributed by atoms with E-state index in [-0.39, 0.29) is 17.4 Å². The lowest BCUT2D eigenvalue weighted by atomic mass is 9.99. The van der Waals surface area contributed by atoms with E-state index in [1.165, 1.54) is 24.3 Å². The van der Waals surface area contributed by atoms with Crippen LogP contribution in [0.5, 0.6) is 0 Å². The Morgan fingerprint density at radius 3 is 2.52 bits per heavy atom. The monoisotopic (exact) mass is 394 g/mol. The maximum atomic E-state index is 13.2. The zero-order chi connectivity index (χ0) is 21.0. The highest BCUT2D eigenvalue weighted by Crippen LogP contribution is 2.27. The Morgan fingerprint density at radius 2 is 1.86 bits per heavy atom. The summed E-state index contributed by atoms with van der Waals surface area (Å²) in [6, 6.07) is 11.3. The summed E-state index contributed by atoms with van der Waals surface area (Å²) in [4.78, 5) is 35.2. The van der Waals surface area contributed by atoms with Crippen LogP contribution < -0.4 is 0 Å². The average Bonchev–Trinajstić information content (AvgIpc) is 2.99. The number of non-ortho nitro benzene ring substituents is 1. The molecule has 0 spiro atoms. The number of benzene rings is 1. The number of nitro benzene ring substituents is 1. The molecule has 0 radical (unpaired) electrons. The molecule has 2 aromatic heterocycles. The van der Waals surface area contributed by atoms with Gasteiger partial charge in [0, 0.05) is 36.0 Å². The largest absolute Gasteiger partial charge is 0.466 e. The Morgan fingerprint density at radius 1 is 1.14 bits per heavy atom. The molecule has 0 aliphatic rings. The summed E-state index contributed by atoms with van der Waals surface area (Å²) in [5.41, 5.74) is 3.51. The number of carbonyl (C=O) groups excluding carboxylic acids is 2. The molecule has 0 aliphatic carbocycles. The van der Waals surface area contributed by atoms with E-state index in [0.29, 0.717) is 37.0 Å². The standard InChI is InChI=1S/C22H22N2O5/c1-3-29-20(25)9-6-8-18-15(2)21(19-7-4-5-14-23(18)19)22(26)16-10-12-17(13-11-16)24(27)28/h4-5,7,10-14H,3,6,8-9H2,1-2H3. The van der Waals surface area contributed by atoms with Gasteiger partial charge in [-0.1, -0.05) is 6.07 Å². The van der Waals surface area contributed by atoms with Crippen molar-refractivity contribution in [2.45, 2.75) is 33.1 Å². The zero-order valence-electron chi connectivity index (χ0n) is 16.4. The summed E-state index contributed by atoms with van der Waals surface area (Å²) in [6.45, 7) is 4.03. The first-order chi connectivity index (χ1) is 13.9. The Balaban J connectivity index is 1.94. The van der Waals surface area contributed by atoms with Crippen molar-refractivity contribution in [3.8, 4) is 0 Å². The molecule has 0 aliphatic heterocycles. The van der Waals surface area contributed by atoms with Crippen molar-refractivity contribution in [3.63, 3.8) is 0 Å². The van der Waals surface area contributed by atoms with Crippen LogP contribution in [-0.4, -0.2) is 27.7 Å². The molecule has 1 aromatic carbocycles. The van der Waals surface area contributed by atoms with Crippen molar-refractivity contribution in [2.75, 3.05) is 6.61 Å². The van der Waals surface area contributed by atoms with Crippen LogP contribution in [0.1, 0.15) is 46.9 Å². The van der Waals surface area contributed by atoms with E-state index in [4.69, 9.17) is 4.74 Å². The van der Waals surface area contributed by atoms with Gasteiger partial charge >= 0.3 is 5.97 Å². The first-order valence-corrected chi connectivity index (χ1v) is 9.47. The van der Waals surface area contributed by atoms with Gasteiger partial charge in [0.15, 0.2) is 5.78 Å². The minimum atomic E-state index is -0.491. The van der Waals surface area contributed by atoms with E-state index in [1.54, 1.807) is 6.92 Å². The SMILES string of the molecule is CCOC(=O)CCCc1c(C)c(C(=O)c2ccc([N+](=O)[O-])cc2)c2ccccn12. The summed E-state index contributed by atoms with van der Waals surface area (Å²) in [5.74, 6) is -0.411. The number of ether oxygens (including phenoxy) is 1. The highest BCUT2D eigenvalue weighted by Gasteiger charge is 2.22. The number of rotatable bonds is 8. The maximum absolute atomic E-state index is 13.2. The van der Waals surface area contributed by atoms with Crippen LogP contribution in [-0.2, 0) is 16.0 Å².